The van der Waals surface area contributed by atoms with Crippen LogP contribution >= 0.6 is 0 Å². The molecule has 1 N–H and O–H groups in total. The molecule has 0 bridgehead atoms. The van der Waals surface area contributed by atoms with E-state index in [4.69, 9.17) is 5.21 Å². The lowest BCUT2D eigenvalue weighted by atomic mass is 9.99. The molecule has 0 saturated carbocycles. The van der Waals surface area contributed by atoms with Gasteiger partial charge in [0.25, 0.3) is 0 Å². The van der Waals surface area contributed by atoms with E-state index >= 15 is 0 Å². The highest BCUT2D eigenvalue weighted by Crippen LogP contribution is 2.19. The van der Waals surface area contributed by atoms with Gasteiger partial charge in [-0.05, 0) is 31.4 Å². The van der Waals surface area contributed by atoms with Crippen LogP contribution in [-0.2, 0) is 6.42 Å². The minimum atomic E-state index is 0.633. The van der Waals surface area contributed by atoms with Crippen LogP contribution in [0.5, 0.6) is 0 Å². The second kappa shape index (κ2) is 4.01. The summed E-state index contributed by atoms with van der Waals surface area (Å²) in [6.45, 7) is 0. The van der Waals surface area contributed by atoms with Crippen LogP contribution in [0.25, 0.3) is 5.69 Å². The highest BCUT2D eigenvalue weighted by molar-refractivity contribution is 6.00. The molecule has 0 saturated heterocycles. The number of hydrogen-bond donors (Lipinski definition) is 1. The Balaban J connectivity index is 2.08. The zero-order valence-electron chi connectivity index (χ0n) is 9.24. The molecule has 1 heterocycles. The predicted octanol–water partition coefficient (Wildman–Crippen LogP) is 1.78. The summed E-state index contributed by atoms with van der Waals surface area (Å²) in [7, 11) is 0. The molecule has 0 fully saturated rings. The van der Waals surface area contributed by atoms with Crippen molar-refractivity contribution < 1.29 is 5.21 Å². The summed E-state index contributed by atoms with van der Waals surface area (Å²) in [6.07, 6.45) is 2.61. The van der Waals surface area contributed by atoms with E-state index < -0.39 is 0 Å². The third kappa shape index (κ3) is 1.69. The topological polar surface area (TPSA) is 63.3 Å². The fraction of sp³-hybridized carbons (Fsp3) is 0.250. The Morgan fingerprint density at radius 2 is 1.94 bits per heavy atom. The van der Waals surface area contributed by atoms with Crippen molar-refractivity contribution in [2.45, 2.75) is 19.3 Å². The van der Waals surface area contributed by atoms with Crippen molar-refractivity contribution in [3.8, 4) is 5.69 Å². The number of hydrogen-bond acceptors (Lipinski definition) is 4. The molecule has 1 aliphatic carbocycles. The molecule has 1 aliphatic rings. The van der Waals surface area contributed by atoms with Crippen LogP contribution in [0.2, 0.25) is 0 Å². The van der Waals surface area contributed by atoms with Gasteiger partial charge >= 0.3 is 0 Å². The number of oxime groups is 1. The molecule has 86 valence electrons. The number of para-hydroxylation sites is 1. The first-order valence-corrected chi connectivity index (χ1v) is 5.61. The monoisotopic (exact) mass is 228 g/mol. The molecule has 0 spiro atoms. The number of fused-ring (bicyclic) bond motifs is 1. The van der Waals surface area contributed by atoms with E-state index in [1.165, 1.54) is 0 Å². The molecule has 0 amide bonds. The van der Waals surface area contributed by atoms with Gasteiger partial charge in [-0.25, -0.2) is 0 Å². The molecular formula is C12H12N4O. The van der Waals surface area contributed by atoms with Gasteiger partial charge in [0.1, 0.15) is 11.4 Å². The molecule has 17 heavy (non-hydrogen) atoms. The zero-order chi connectivity index (χ0) is 11.7. The normalized spacial score (nSPS) is 17.1. The number of benzene rings is 1. The molecular weight excluding hydrogens is 216 g/mol. The van der Waals surface area contributed by atoms with Gasteiger partial charge in [0.05, 0.1) is 11.4 Å². The maximum atomic E-state index is 8.93. The lowest BCUT2D eigenvalue weighted by Crippen LogP contribution is -2.11. The van der Waals surface area contributed by atoms with Crippen molar-refractivity contribution in [1.82, 2.24) is 15.0 Å². The second-order valence-electron chi connectivity index (χ2n) is 4.02. The average Bonchev–Trinajstić information content (AvgIpc) is 2.83. The summed E-state index contributed by atoms with van der Waals surface area (Å²) in [4.78, 5) is 1.60. The molecule has 5 nitrogen and oxygen atoms in total. The van der Waals surface area contributed by atoms with Crippen molar-refractivity contribution in [2.75, 3.05) is 0 Å². The summed E-state index contributed by atoms with van der Waals surface area (Å²) in [5.41, 5.74) is 3.18. The van der Waals surface area contributed by atoms with E-state index in [1.807, 2.05) is 30.3 Å². The third-order valence-corrected chi connectivity index (χ3v) is 2.89. The molecule has 3 rings (SSSR count). The lowest BCUT2D eigenvalue weighted by Gasteiger charge is -2.07. The first kappa shape index (κ1) is 10.0. The molecule has 0 unspecified atom stereocenters. The first-order valence-electron chi connectivity index (χ1n) is 5.61. The van der Waals surface area contributed by atoms with Crippen LogP contribution in [0, 0.1) is 0 Å². The smallest absolute Gasteiger partial charge is 0.134 e. The highest BCUT2D eigenvalue weighted by atomic mass is 16.4. The number of rotatable bonds is 1. The molecule has 0 radical (unpaired) electrons. The van der Waals surface area contributed by atoms with E-state index in [1.54, 1.807) is 4.80 Å². The van der Waals surface area contributed by atoms with E-state index in [0.29, 0.717) is 5.71 Å². The minimum Gasteiger partial charge on any atom is -0.411 e. The summed E-state index contributed by atoms with van der Waals surface area (Å²) in [6, 6.07) is 9.73. The van der Waals surface area contributed by atoms with E-state index in [2.05, 4.69) is 15.4 Å². The van der Waals surface area contributed by atoms with Crippen LogP contribution in [0.1, 0.15) is 24.2 Å². The number of nitrogens with zero attached hydrogens (tertiary/aromatic N) is 4. The first-order chi connectivity index (χ1) is 8.38. The van der Waals surface area contributed by atoms with Gasteiger partial charge < -0.3 is 5.21 Å². The molecule has 1 aromatic carbocycles. The van der Waals surface area contributed by atoms with Crippen LogP contribution in [0.15, 0.2) is 35.5 Å². The van der Waals surface area contributed by atoms with Gasteiger partial charge in [-0.2, -0.15) is 9.90 Å². The van der Waals surface area contributed by atoms with E-state index in [9.17, 15) is 0 Å². The standard InChI is InChI=1S/C12H12N4O/c17-15-11-8-4-7-10-12(11)14-16(13-10)9-5-2-1-3-6-9/h1-3,5-6,17H,4,7-8H2. The molecule has 0 atom stereocenters. The molecule has 2 aromatic rings. The number of aromatic nitrogens is 3. The largest absolute Gasteiger partial charge is 0.411 e. The Kier molecular flexibility index (Phi) is 2.36. The van der Waals surface area contributed by atoms with E-state index in [-0.39, 0.29) is 0 Å². The maximum absolute atomic E-state index is 8.93. The van der Waals surface area contributed by atoms with Gasteiger partial charge in [-0.3, -0.25) is 0 Å². The van der Waals surface area contributed by atoms with Crippen molar-refractivity contribution in [3.05, 3.63) is 41.7 Å². The Bertz CT molecular complexity index is 559. The molecule has 1 aromatic heterocycles. The fourth-order valence-electron chi connectivity index (χ4n) is 2.05. The second-order valence-corrected chi connectivity index (χ2v) is 4.02. The Morgan fingerprint density at radius 1 is 1.12 bits per heavy atom. The Hall–Kier alpha value is -2.17. The van der Waals surface area contributed by atoms with Crippen LogP contribution in [-0.4, -0.2) is 25.9 Å². The number of aryl methyl sites for hydroxylation is 1. The van der Waals surface area contributed by atoms with Crippen LogP contribution < -0.4 is 0 Å². The van der Waals surface area contributed by atoms with Crippen molar-refractivity contribution >= 4 is 5.71 Å². The fourth-order valence-corrected chi connectivity index (χ4v) is 2.05. The lowest BCUT2D eigenvalue weighted by molar-refractivity contribution is 0.317. The van der Waals surface area contributed by atoms with Crippen molar-refractivity contribution in [2.24, 2.45) is 5.16 Å². The summed E-state index contributed by atoms with van der Waals surface area (Å²) >= 11 is 0. The van der Waals surface area contributed by atoms with Crippen molar-refractivity contribution in [3.63, 3.8) is 0 Å². The molecule has 5 heteroatoms. The SMILES string of the molecule is ON=C1CCCc2nn(-c3ccccc3)nc21. The average molecular weight is 228 g/mol. The summed E-state index contributed by atoms with van der Waals surface area (Å²) < 4.78 is 0. The van der Waals surface area contributed by atoms with Gasteiger partial charge in [-0.15, -0.1) is 5.10 Å². The summed E-state index contributed by atoms with van der Waals surface area (Å²) in [5.74, 6) is 0. The maximum Gasteiger partial charge on any atom is 0.134 e. The Labute approximate surface area is 98.4 Å². The van der Waals surface area contributed by atoms with Gasteiger partial charge in [0, 0.05) is 0 Å². The quantitative estimate of drug-likeness (QED) is 0.597. The third-order valence-electron chi connectivity index (χ3n) is 2.89. The molecule has 0 aliphatic heterocycles. The van der Waals surface area contributed by atoms with E-state index in [0.717, 1.165) is 36.3 Å². The van der Waals surface area contributed by atoms with Gasteiger partial charge in [0.2, 0.25) is 0 Å². The summed E-state index contributed by atoms with van der Waals surface area (Å²) in [5, 5.41) is 21.0. The minimum absolute atomic E-state index is 0.633. The Morgan fingerprint density at radius 3 is 2.71 bits per heavy atom. The van der Waals surface area contributed by atoms with Gasteiger partial charge in [-0.1, -0.05) is 23.4 Å². The predicted molar refractivity (Wildman–Crippen MR) is 62.6 cm³/mol. The highest BCUT2D eigenvalue weighted by Gasteiger charge is 2.22. The van der Waals surface area contributed by atoms with Gasteiger partial charge in [0.15, 0.2) is 0 Å². The zero-order valence-corrected chi connectivity index (χ0v) is 9.24. The van der Waals surface area contributed by atoms with Crippen LogP contribution in [0.4, 0.5) is 0 Å². The van der Waals surface area contributed by atoms with Crippen LogP contribution in [0.3, 0.4) is 0 Å². The van der Waals surface area contributed by atoms with Crippen molar-refractivity contribution in [1.29, 1.82) is 0 Å².